The number of piperidine rings is 1. The Bertz CT molecular complexity index is 584. The van der Waals surface area contributed by atoms with E-state index < -0.39 is 4.92 Å². The first-order valence-electron chi connectivity index (χ1n) is 7.49. The van der Waals surface area contributed by atoms with E-state index in [0.717, 1.165) is 19.4 Å². The van der Waals surface area contributed by atoms with Crippen molar-refractivity contribution in [2.24, 2.45) is 0 Å². The number of hydrogen-bond acceptors (Lipinski definition) is 6. The molecule has 1 aliphatic rings. The highest BCUT2D eigenvalue weighted by atomic mass is 35.5. The molecule has 8 nitrogen and oxygen atoms in total. The van der Waals surface area contributed by atoms with E-state index in [1.807, 2.05) is 6.92 Å². The molecule has 1 fully saturated rings. The number of nitro benzene ring substituents is 1. The summed E-state index contributed by atoms with van der Waals surface area (Å²) in [7, 11) is 1.34. The quantitative estimate of drug-likeness (QED) is 0.591. The Kier molecular flexibility index (Phi) is 7.73. The van der Waals surface area contributed by atoms with Crippen molar-refractivity contribution in [3.05, 3.63) is 28.3 Å². The second-order valence-corrected chi connectivity index (χ2v) is 5.44. The number of halogens is 1. The number of hydrogen-bond donors (Lipinski definition) is 2. The molecule has 1 aliphatic heterocycles. The Labute approximate surface area is 146 Å². The van der Waals surface area contributed by atoms with E-state index in [9.17, 15) is 14.9 Å². The molecule has 1 aromatic carbocycles. The molecule has 1 heterocycles. The summed E-state index contributed by atoms with van der Waals surface area (Å²) in [5.74, 6) is 0.221. The number of nitro groups is 1. The molecule has 0 aliphatic carbocycles. The smallest absolute Gasteiger partial charge is 0.311 e. The highest BCUT2D eigenvalue weighted by molar-refractivity contribution is 5.85. The summed E-state index contributed by atoms with van der Waals surface area (Å²) in [5, 5.41) is 17.1. The van der Waals surface area contributed by atoms with Gasteiger partial charge < -0.3 is 20.1 Å². The van der Waals surface area contributed by atoms with Crippen molar-refractivity contribution in [3.63, 3.8) is 0 Å². The number of ether oxygens (including phenoxy) is 2. The summed E-state index contributed by atoms with van der Waals surface area (Å²) in [6.45, 7) is 2.85. The van der Waals surface area contributed by atoms with Gasteiger partial charge >= 0.3 is 5.69 Å². The third-order valence-corrected chi connectivity index (χ3v) is 3.83. The zero-order valence-electron chi connectivity index (χ0n) is 13.6. The zero-order valence-corrected chi connectivity index (χ0v) is 14.4. The van der Waals surface area contributed by atoms with Gasteiger partial charge in [-0.3, -0.25) is 14.9 Å². The molecule has 0 bridgehead atoms. The molecule has 1 amide bonds. The topological polar surface area (TPSA) is 103 Å². The number of carbonyl (C=O) groups excluding carboxylic acids is 1. The van der Waals surface area contributed by atoms with Crippen molar-refractivity contribution in [2.75, 3.05) is 20.3 Å². The summed E-state index contributed by atoms with van der Waals surface area (Å²) in [6.07, 6.45) is 1.96. The van der Waals surface area contributed by atoms with Gasteiger partial charge in [-0.25, -0.2) is 0 Å². The van der Waals surface area contributed by atoms with Gasteiger partial charge in [0.05, 0.1) is 12.0 Å². The van der Waals surface area contributed by atoms with Gasteiger partial charge in [-0.15, -0.1) is 12.4 Å². The Balaban J connectivity index is 0.00000288. The van der Waals surface area contributed by atoms with Crippen LogP contribution >= 0.6 is 12.4 Å². The number of rotatable bonds is 6. The highest BCUT2D eigenvalue weighted by Gasteiger charge is 2.22. The van der Waals surface area contributed by atoms with E-state index in [2.05, 4.69) is 10.6 Å². The van der Waals surface area contributed by atoms with Crippen molar-refractivity contribution >= 4 is 24.0 Å². The fraction of sp³-hybridized carbons (Fsp3) is 0.533. The third kappa shape index (κ3) is 5.24. The molecule has 2 N–H and O–H groups in total. The van der Waals surface area contributed by atoms with Crippen LogP contribution in [0.5, 0.6) is 11.5 Å². The second kappa shape index (κ2) is 9.29. The molecule has 0 spiro atoms. The van der Waals surface area contributed by atoms with Gasteiger partial charge in [0.25, 0.3) is 5.91 Å². The third-order valence-electron chi connectivity index (χ3n) is 3.83. The van der Waals surface area contributed by atoms with Crippen LogP contribution in [0, 0.1) is 10.1 Å². The first kappa shape index (κ1) is 20.0. The largest absolute Gasteiger partial charge is 0.490 e. The maximum atomic E-state index is 12.0. The minimum atomic E-state index is -0.535. The van der Waals surface area contributed by atoms with E-state index in [-0.39, 0.29) is 48.4 Å². The molecule has 0 radical (unpaired) electrons. The number of benzene rings is 1. The molecule has 9 heteroatoms. The molecule has 0 saturated carbocycles. The van der Waals surface area contributed by atoms with Gasteiger partial charge in [0, 0.05) is 24.2 Å². The maximum absolute atomic E-state index is 12.0. The number of amides is 1. The molecule has 2 rings (SSSR count). The van der Waals surface area contributed by atoms with Crippen LogP contribution in [-0.2, 0) is 4.79 Å². The fourth-order valence-corrected chi connectivity index (χ4v) is 2.54. The molecule has 24 heavy (non-hydrogen) atoms. The Morgan fingerprint density at radius 2 is 2.25 bits per heavy atom. The minimum absolute atomic E-state index is 0. The van der Waals surface area contributed by atoms with E-state index in [0.29, 0.717) is 5.75 Å². The lowest BCUT2D eigenvalue weighted by atomic mass is 10.00. The standard InChI is InChI=1S/C15H21N3O5.ClH/c1-10-12(4-3-7-16-10)17-15(19)9-23-11-5-6-13(18(20)21)14(8-11)22-2;/h5-6,8,10,12,16H,3-4,7,9H2,1-2H3,(H,17,19);1H. The predicted molar refractivity (Wildman–Crippen MR) is 91.0 cm³/mol. The monoisotopic (exact) mass is 359 g/mol. The lowest BCUT2D eigenvalue weighted by molar-refractivity contribution is -0.385. The zero-order chi connectivity index (χ0) is 16.8. The van der Waals surface area contributed by atoms with E-state index in [1.54, 1.807) is 0 Å². The summed E-state index contributed by atoms with van der Waals surface area (Å²) >= 11 is 0. The highest BCUT2D eigenvalue weighted by Crippen LogP contribution is 2.30. The van der Waals surface area contributed by atoms with Crippen LogP contribution in [-0.4, -0.2) is 43.2 Å². The van der Waals surface area contributed by atoms with Crippen LogP contribution in [0.25, 0.3) is 0 Å². The second-order valence-electron chi connectivity index (χ2n) is 5.44. The van der Waals surface area contributed by atoms with Crippen LogP contribution in [0.4, 0.5) is 5.69 Å². The van der Waals surface area contributed by atoms with Crippen molar-refractivity contribution in [2.45, 2.75) is 31.8 Å². The van der Waals surface area contributed by atoms with Crippen LogP contribution in [0.2, 0.25) is 0 Å². The van der Waals surface area contributed by atoms with Gasteiger partial charge in [0.1, 0.15) is 5.75 Å². The van der Waals surface area contributed by atoms with Gasteiger partial charge in [-0.2, -0.15) is 0 Å². The number of methoxy groups -OCH3 is 1. The lowest BCUT2D eigenvalue weighted by Crippen LogP contribution is -2.52. The number of carbonyl (C=O) groups is 1. The van der Waals surface area contributed by atoms with Crippen molar-refractivity contribution in [1.82, 2.24) is 10.6 Å². The minimum Gasteiger partial charge on any atom is -0.490 e. The summed E-state index contributed by atoms with van der Waals surface area (Å²) in [4.78, 5) is 22.2. The fourth-order valence-electron chi connectivity index (χ4n) is 2.54. The van der Waals surface area contributed by atoms with Gasteiger partial charge in [-0.1, -0.05) is 0 Å². The first-order valence-corrected chi connectivity index (χ1v) is 7.49. The van der Waals surface area contributed by atoms with Crippen LogP contribution < -0.4 is 20.1 Å². The summed E-state index contributed by atoms with van der Waals surface area (Å²) < 4.78 is 10.3. The molecule has 1 aromatic rings. The van der Waals surface area contributed by atoms with Gasteiger partial charge in [0.15, 0.2) is 6.61 Å². The van der Waals surface area contributed by atoms with Gasteiger partial charge in [0.2, 0.25) is 5.75 Å². The molecule has 1 saturated heterocycles. The number of nitrogens with one attached hydrogen (secondary N) is 2. The Morgan fingerprint density at radius 1 is 1.50 bits per heavy atom. The molecule has 0 aromatic heterocycles. The molecule has 2 unspecified atom stereocenters. The van der Waals surface area contributed by atoms with Crippen LogP contribution in [0.15, 0.2) is 18.2 Å². The number of nitrogens with zero attached hydrogens (tertiary/aromatic N) is 1. The van der Waals surface area contributed by atoms with E-state index in [4.69, 9.17) is 9.47 Å². The van der Waals surface area contributed by atoms with Crippen LogP contribution in [0.3, 0.4) is 0 Å². The van der Waals surface area contributed by atoms with E-state index in [1.165, 1.54) is 25.3 Å². The maximum Gasteiger partial charge on any atom is 0.311 e. The molecule has 2 atom stereocenters. The molecular weight excluding hydrogens is 338 g/mol. The lowest BCUT2D eigenvalue weighted by Gasteiger charge is -2.30. The Morgan fingerprint density at radius 3 is 2.88 bits per heavy atom. The first-order chi connectivity index (χ1) is 11.0. The Hall–Kier alpha value is -2.06. The summed E-state index contributed by atoms with van der Waals surface area (Å²) in [6, 6.07) is 4.45. The average Bonchev–Trinajstić information content (AvgIpc) is 2.54. The summed E-state index contributed by atoms with van der Waals surface area (Å²) in [5.41, 5.74) is -0.147. The average molecular weight is 360 g/mol. The van der Waals surface area contributed by atoms with Crippen molar-refractivity contribution in [3.8, 4) is 11.5 Å². The normalized spacial score (nSPS) is 19.8. The van der Waals surface area contributed by atoms with Crippen molar-refractivity contribution < 1.29 is 19.2 Å². The molecule has 134 valence electrons. The molecular formula is C15H22ClN3O5. The van der Waals surface area contributed by atoms with E-state index >= 15 is 0 Å². The SMILES string of the molecule is COc1cc(OCC(=O)NC2CCCNC2C)ccc1[N+](=O)[O-].Cl. The van der Waals surface area contributed by atoms with Crippen molar-refractivity contribution in [1.29, 1.82) is 0 Å². The van der Waals surface area contributed by atoms with Crippen LogP contribution in [0.1, 0.15) is 19.8 Å². The predicted octanol–water partition coefficient (Wildman–Crippen LogP) is 1.66. The van der Waals surface area contributed by atoms with Gasteiger partial charge in [-0.05, 0) is 32.4 Å².